The molecular formula is C15H22N2O2. The minimum absolute atomic E-state index is 0.101. The molecule has 0 aromatic heterocycles. The number of nitrogen functional groups attached to an aromatic ring is 1. The van der Waals surface area contributed by atoms with Crippen LogP contribution in [0.2, 0.25) is 0 Å². The van der Waals surface area contributed by atoms with Gasteiger partial charge in [0.05, 0.1) is 0 Å². The Morgan fingerprint density at radius 1 is 1.42 bits per heavy atom. The van der Waals surface area contributed by atoms with Crippen molar-refractivity contribution >= 4 is 11.6 Å². The van der Waals surface area contributed by atoms with Crippen molar-refractivity contribution in [2.24, 2.45) is 0 Å². The van der Waals surface area contributed by atoms with Gasteiger partial charge in [0.1, 0.15) is 6.10 Å². The highest BCUT2D eigenvalue weighted by Crippen LogP contribution is 2.18. The summed E-state index contributed by atoms with van der Waals surface area (Å²) in [5.74, 6) is 0.101. The molecule has 104 valence electrons. The SMILES string of the molecule is CC(C)N(Cc1ccc(N)cc1)C(=O)C1CCCO1. The Labute approximate surface area is 114 Å². The van der Waals surface area contributed by atoms with E-state index in [1.165, 1.54) is 0 Å². The third kappa shape index (κ3) is 3.47. The van der Waals surface area contributed by atoms with Gasteiger partial charge in [0.15, 0.2) is 0 Å². The Morgan fingerprint density at radius 3 is 2.63 bits per heavy atom. The Bertz CT molecular complexity index is 422. The lowest BCUT2D eigenvalue weighted by atomic mass is 10.1. The Morgan fingerprint density at radius 2 is 2.11 bits per heavy atom. The van der Waals surface area contributed by atoms with E-state index in [0.717, 1.165) is 24.1 Å². The molecule has 1 aromatic rings. The molecule has 0 saturated carbocycles. The first kappa shape index (κ1) is 13.9. The van der Waals surface area contributed by atoms with E-state index in [1.54, 1.807) is 0 Å². The molecule has 0 spiro atoms. The molecular weight excluding hydrogens is 240 g/mol. The lowest BCUT2D eigenvalue weighted by Crippen LogP contribution is -2.42. The zero-order chi connectivity index (χ0) is 13.8. The normalized spacial score (nSPS) is 18.8. The van der Waals surface area contributed by atoms with Crippen molar-refractivity contribution in [3.8, 4) is 0 Å². The molecule has 1 aliphatic rings. The number of ether oxygens (including phenoxy) is 1. The van der Waals surface area contributed by atoms with Crippen LogP contribution in [0.25, 0.3) is 0 Å². The van der Waals surface area contributed by atoms with E-state index in [0.29, 0.717) is 13.2 Å². The van der Waals surface area contributed by atoms with E-state index in [2.05, 4.69) is 0 Å². The number of benzene rings is 1. The molecule has 1 aromatic carbocycles. The summed E-state index contributed by atoms with van der Waals surface area (Å²) < 4.78 is 5.49. The number of carbonyl (C=O) groups is 1. The topological polar surface area (TPSA) is 55.6 Å². The highest BCUT2D eigenvalue weighted by atomic mass is 16.5. The fourth-order valence-corrected chi connectivity index (χ4v) is 2.29. The van der Waals surface area contributed by atoms with E-state index in [-0.39, 0.29) is 18.1 Å². The number of nitrogens with zero attached hydrogens (tertiary/aromatic N) is 1. The predicted molar refractivity (Wildman–Crippen MR) is 75.5 cm³/mol. The summed E-state index contributed by atoms with van der Waals surface area (Å²) >= 11 is 0. The highest BCUT2D eigenvalue weighted by Gasteiger charge is 2.29. The molecule has 1 aliphatic heterocycles. The molecule has 4 heteroatoms. The summed E-state index contributed by atoms with van der Waals surface area (Å²) in [7, 11) is 0. The first-order valence-electron chi connectivity index (χ1n) is 6.84. The monoisotopic (exact) mass is 262 g/mol. The first-order valence-corrected chi connectivity index (χ1v) is 6.84. The average molecular weight is 262 g/mol. The van der Waals surface area contributed by atoms with E-state index in [4.69, 9.17) is 10.5 Å². The van der Waals surface area contributed by atoms with Crippen molar-refractivity contribution in [1.82, 2.24) is 4.90 Å². The lowest BCUT2D eigenvalue weighted by Gasteiger charge is -2.29. The van der Waals surface area contributed by atoms with Crippen LogP contribution >= 0.6 is 0 Å². The summed E-state index contributed by atoms with van der Waals surface area (Å²) in [5.41, 5.74) is 7.51. The molecule has 0 bridgehead atoms. The maximum Gasteiger partial charge on any atom is 0.252 e. The van der Waals surface area contributed by atoms with Gasteiger partial charge in [-0.1, -0.05) is 12.1 Å². The fourth-order valence-electron chi connectivity index (χ4n) is 2.29. The molecule has 2 rings (SSSR count). The Hall–Kier alpha value is -1.55. The quantitative estimate of drug-likeness (QED) is 0.846. The molecule has 1 amide bonds. The number of rotatable bonds is 4. The van der Waals surface area contributed by atoms with Gasteiger partial charge in [0.2, 0.25) is 0 Å². The molecule has 0 aliphatic carbocycles. The van der Waals surface area contributed by atoms with Crippen LogP contribution in [0, 0.1) is 0 Å². The van der Waals surface area contributed by atoms with Crippen LogP contribution in [-0.4, -0.2) is 29.6 Å². The molecule has 4 nitrogen and oxygen atoms in total. The van der Waals surface area contributed by atoms with Gasteiger partial charge < -0.3 is 15.4 Å². The van der Waals surface area contributed by atoms with Gasteiger partial charge in [-0.3, -0.25) is 4.79 Å². The fraction of sp³-hybridized carbons (Fsp3) is 0.533. The van der Waals surface area contributed by atoms with Crippen molar-refractivity contribution in [2.75, 3.05) is 12.3 Å². The average Bonchev–Trinajstić information content (AvgIpc) is 2.91. The molecule has 1 saturated heterocycles. The summed E-state index contributed by atoms with van der Waals surface area (Å²) in [5, 5.41) is 0. The van der Waals surface area contributed by atoms with Gasteiger partial charge in [-0.25, -0.2) is 0 Å². The van der Waals surface area contributed by atoms with Crippen molar-refractivity contribution < 1.29 is 9.53 Å². The predicted octanol–water partition coefficient (Wildman–Crippen LogP) is 2.18. The molecule has 19 heavy (non-hydrogen) atoms. The smallest absolute Gasteiger partial charge is 0.252 e. The van der Waals surface area contributed by atoms with Gasteiger partial charge in [-0.2, -0.15) is 0 Å². The number of anilines is 1. The number of carbonyl (C=O) groups excluding carboxylic acids is 1. The van der Waals surface area contributed by atoms with Gasteiger partial charge in [0.25, 0.3) is 5.91 Å². The second-order valence-electron chi connectivity index (χ2n) is 5.30. The Kier molecular flexibility index (Phi) is 4.43. The third-order valence-electron chi connectivity index (χ3n) is 3.44. The van der Waals surface area contributed by atoms with Crippen LogP contribution in [0.1, 0.15) is 32.3 Å². The second kappa shape index (κ2) is 6.06. The maximum atomic E-state index is 12.4. The van der Waals surface area contributed by atoms with Crippen molar-refractivity contribution in [3.63, 3.8) is 0 Å². The third-order valence-corrected chi connectivity index (χ3v) is 3.44. The largest absolute Gasteiger partial charge is 0.399 e. The Balaban J connectivity index is 2.07. The lowest BCUT2D eigenvalue weighted by molar-refractivity contribution is -0.143. The zero-order valence-corrected chi connectivity index (χ0v) is 11.6. The van der Waals surface area contributed by atoms with Gasteiger partial charge in [0, 0.05) is 24.9 Å². The zero-order valence-electron chi connectivity index (χ0n) is 11.6. The summed E-state index contributed by atoms with van der Waals surface area (Å²) in [6.45, 7) is 5.37. The van der Waals surface area contributed by atoms with E-state index < -0.39 is 0 Å². The molecule has 2 N–H and O–H groups in total. The van der Waals surface area contributed by atoms with Crippen LogP contribution in [0.15, 0.2) is 24.3 Å². The van der Waals surface area contributed by atoms with Crippen LogP contribution in [0.3, 0.4) is 0 Å². The maximum absolute atomic E-state index is 12.4. The minimum Gasteiger partial charge on any atom is -0.399 e. The van der Waals surface area contributed by atoms with Crippen molar-refractivity contribution in [3.05, 3.63) is 29.8 Å². The van der Waals surface area contributed by atoms with Gasteiger partial charge in [-0.15, -0.1) is 0 Å². The van der Waals surface area contributed by atoms with E-state index >= 15 is 0 Å². The second-order valence-corrected chi connectivity index (χ2v) is 5.30. The summed E-state index contributed by atoms with van der Waals surface area (Å²) in [6.07, 6.45) is 1.56. The molecule has 0 radical (unpaired) electrons. The first-order chi connectivity index (χ1) is 9.08. The number of hydrogen-bond acceptors (Lipinski definition) is 3. The van der Waals surface area contributed by atoms with Crippen LogP contribution in [0.5, 0.6) is 0 Å². The van der Waals surface area contributed by atoms with Gasteiger partial charge in [-0.05, 0) is 44.4 Å². The van der Waals surface area contributed by atoms with Crippen LogP contribution in [-0.2, 0) is 16.1 Å². The van der Waals surface area contributed by atoms with Crippen molar-refractivity contribution in [2.45, 2.75) is 45.4 Å². The molecule has 1 atom stereocenters. The molecule has 1 heterocycles. The van der Waals surface area contributed by atoms with E-state index in [1.807, 2.05) is 43.0 Å². The number of hydrogen-bond donors (Lipinski definition) is 1. The number of amides is 1. The van der Waals surface area contributed by atoms with Crippen LogP contribution in [0.4, 0.5) is 5.69 Å². The highest BCUT2D eigenvalue weighted by molar-refractivity contribution is 5.81. The molecule has 1 fully saturated rings. The van der Waals surface area contributed by atoms with E-state index in [9.17, 15) is 4.79 Å². The summed E-state index contributed by atoms with van der Waals surface area (Å²) in [6, 6.07) is 7.82. The van der Waals surface area contributed by atoms with Gasteiger partial charge >= 0.3 is 0 Å². The minimum atomic E-state index is -0.254. The van der Waals surface area contributed by atoms with Crippen molar-refractivity contribution in [1.29, 1.82) is 0 Å². The standard InChI is InChI=1S/C15H22N2O2/c1-11(2)17(15(18)14-4-3-9-19-14)10-12-5-7-13(16)8-6-12/h5-8,11,14H,3-4,9-10,16H2,1-2H3. The summed E-state index contributed by atoms with van der Waals surface area (Å²) in [4.78, 5) is 14.3. The molecule has 1 unspecified atom stereocenters. The van der Waals surface area contributed by atoms with Crippen LogP contribution < -0.4 is 5.73 Å². The number of nitrogens with two attached hydrogens (primary N) is 1.